The van der Waals surface area contributed by atoms with Crippen LogP contribution in [0.1, 0.15) is 6.92 Å². The number of hydrogen-bond acceptors (Lipinski definition) is 5. The largest absolute Gasteiger partial charge is 0.351 e. The predicted octanol–water partition coefficient (Wildman–Crippen LogP) is 0.956. The van der Waals surface area contributed by atoms with Gasteiger partial charge in [-0.15, -0.1) is 17.9 Å². The second kappa shape index (κ2) is 6.68. The number of carbonyl (C=O) groups excluding carboxylic acids is 1. The van der Waals surface area contributed by atoms with Gasteiger partial charge in [-0.2, -0.15) is 0 Å². The average molecular weight is 280 g/mol. The Bertz CT molecular complexity index is 412. The molecule has 5 nitrogen and oxygen atoms in total. The molecular weight excluding hydrogens is 260 g/mol. The van der Waals surface area contributed by atoms with Crippen molar-refractivity contribution in [1.29, 1.82) is 0 Å². The molecule has 2 rings (SSSR count). The normalized spacial score (nSPS) is 18.1. The van der Waals surface area contributed by atoms with Crippen molar-refractivity contribution >= 4 is 22.4 Å². The van der Waals surface area contributed by atoms with Crippen LogP contribution in [0.2, 0.25) is 0 Å². The van der Waals surface area contributed by atoms with E-state index in [1.807, 2.05) is 18.5 Å². The number of rotatable bonds is 5. The van der Waals surface area contributed by atoms with Crippen LogP contribution >= 0.6 is 11.3 Å². The minimum Gasteiger partial charge on any atom is -0.351 e. The highest BCUT2D eigenvalue weighted by Gasteiger charge is 2.25. The molecule has 1 fully saturated rings. The molecule has 1 atom stereocenters. The van der Waals surface area contributed by atoms with Gasteiger partial charge in [0, 0.05) is 44.3 Å². The zero-order valence-corrected chi connectivity index (χ0v) is 12.0. The van der Waals surface area contributed by atoms with E-state index in [2.05, 4.69) is 26.7 Å². The number of aromatic nitrogens is 1. The van der Waals surface area contributed by atoms with Gasteiger partial charge in [0.2, 0.25) is 5.91 Å². The lowest BCUT2D eigenvalue weighted by molar-refractivity contribution is -0.125. The second-order valence-electron chi connectivity index (χ2n) is 4.55. The van der Waals surface area contributed by atoms with Gasteiger partial charge in [-0.3, -0.25) is 9.69 Å². The molecule has 1 N–H and O–H groups in total. The van der Waals surface area contributed by atoms with E-state index in [0.717, 1.165) is 31.3 Å². The minimum absolute atomic E-state index is 0.0719. The summed E-state index contributed by atoms with van der Waals surface area (Å²) >= 11 is 1.66. The van der Waals surface area contributed by atoms with E-state index in [4.69, 9.17) is 0 Å². The number of piperazine rings is 1. The zero-order valence-electron chi connectivity index (χ0n) is 11.2. The molecule has 1 amide bonds. The maximum Gasteiger partial charge on any atom is 0.237 e. The van der Waals surface area contributed by atoms with Crippen LogP contribution in [0.4, 0.5) is 5.13 Å². The van der Waals surface area contributed by atoms with Crippen molar-refractivity contribution in [3.05, 3.63) is 24.2 Å². The summed E-state index contributed by atoms with van der Waals surface area (Å²) in [7, 11) is 0. The van der Waals surface area contributed by atoms with Crippen LogP contribution in [0.3, 0.4) is 0 Å². The fourth-order valence-corrected chi connectivity index (χ4v) is 2.86. The fraction of sp³-hybridized carbons (Fsp3) is 0.538. The molecule has 104 valence electrons. The number of amides is 1. The summed E-state index contributed by atoms with van der Waals surface area (Å²) in [6, 6.07) is -0.0848. The van der Waals surface area contributed by atoms with E-state index in [1.54, 1.807) is 17.4 Å². The fourth-order valence-electron chi connectivity index (χ4n) is 2.16. The molecule has 0 bridgehead atoms. The minimum atomic E-state index is -0.0848. The van der Waals surface area contributed by atoms with E-state index in [0.29, 0.717) is 6.54 Å². The molecule has 0 spiro atoms. The molecule has 1 aromatic rings. The Morgan fingerprint density at radius 1 is 1.58 bits per heavy atom. The molecule has 1 saturated heterocycles. The van der Waals surface area contributed by atoms with E-state index in [-0.39, 0.29) is 11.9 Å². The second-order valence-corrected chi connectivity index (χ2v) is 5.42. The third-order valence-corrected chi connectivity index (χ3v) is 4.18. The summed E-state index contributed by atoms with van der Waals surface area (Å²) in [5, 5.41) is 5.91. The van der Waals surface area contributed by atoms with Gasteiger partial charge >= 0.3 is 0 Å². The van der Waals surface area contributed by atoms with Crippen molar-refractivity contribution in [3.63, 3.8) is 0 Å². The number of nitrogens with zero attached hydrogens (tertiary/aromatic N) is 3. The van der Waals surface area contributed by atoms with Crippen molar-refractivity contribution in [2.75, 3.05) is 37.6 Å². The Morgan fingerprint density at radius 3 is 2.89 bits per heavy atom. The van der Waals surface area contributed by atoms with E-state index in [9.17, 15) is 4.79 Å². The highest BCUT2D eigenvalue weighted by Crippen LogP contribution is 2.19. The zero-order chi connectivity index (χ0) is 13.7. The maximum absolute atomic E-state index is 11.9. The number of nitrogens with one attached hydrogen (secondary N) is 1. The van der Waals surface area contributed by atoms with Crippen molar-refractivity contribution in [1.82, 2.24) is 15.2 Å². The Kier molecular flexibility index (Phi) is 4.93. The topological polar surface area (TPSA) is 48.5 Å². The highest BCUT2D eigenvalue weighted by molar-refractivity contribution is 7.13. The van der Waals surface area contributed by atoms with Crippen LogP contribution < -0.4 is 10.2 Å². The van der Waals surface area contributed by atoms with Gasteiger partial charge < -0.3 is 10.2 Å². The SMILES string of the molecule is C=CCNC(=O)[C@H](C)N1CCN(c2nccs2)CC1. The molecule has 0 aliphatic carbocycles. The third kappa shape index (κ3) is 3.54. The molecule has 19 heavy (non-hydrogen) atoms. The van der Waals surface area contributed by atoms with Crippen LogP contribution in [0.15, 0.2) is 24.2 Å². The Morgan fingerprint density at radius 2 is 2.32 bits per heavy atom. The van der Waals surface area contributed by atoms with Crippen molar-refractivity contribution in [2.24, 2.45) is 0 Å². The average Bonchev–Trinajstić information content (AvgIpc) is 2.98. The summed E-state index contributed by atoms with van der Waals surface area (Å²) in [5.74, 6) is 0.0719. The van der Waals surface area contributed by atoms with E-state index < -0.39 is 0 Å². The van der Waals surface area contributed by atoms with Gasteiger partial charge in [0.1, 0.15) is 0 Å². The van der Waals surface area contributed by atoms with Crippen molar-refractivity contribution < 1.29 is 4.79 Å². The van der Waals surface area contributed by atoms with Gasteiger partial charge in [-0.1, -0.05) is 6.08 Å². The van der Waals surface area contributed by atoms with Crippen LogP contribution in [-0.4, -0.2) is 54.6 Å². The molecule has 1 aliphatic heterocycles. The number of hydrogen-bond donors (Lipinski definition) is 1. The quantitative estimate of drug-likeness (QED) is 0.816. The van der Waals surface area contributed by atoms with Gasteiger partial charge in [0.05, 0.1) is 6.04 Å². The molecule has 0 aromatic carbocycles. The van der Waals surface area contributed by atoms with Crippen LogP contribution in [0, 0.1) is 0 Å². The van der Waals surface area contributed by atoms with Gasteiger partial charge in [0.25, 0.3) is 0 Å². The summed E-state index contributed by atoms with van der Waals surface area (Å²) in [5.41, 5.74) is 0. The molecule has 0 radical (unpaired) electrons. The number of carbonyl (C=O) groups is 1. The summed E-state index contributed by atoms with van der Waals surface area (Å²) in [6.45, 7) is 9.72. The standard InChI is InChI=1S/C13H20N4OS/c1-3-4-14-12(18)11(2)16-6-8-17(9-7-16)13-15-5-10-19-13/h3,5,10-11H,1,4,6-9H2,2H3,(H,14,18)/t11-/m0/s1. The predicted molar refractivity (Wildman–Crippen MR) is 78.6 cm³/mol. The molecule has 6 heteroatoms. The summed E-state index contributed by atoms with van der Waals surface area (Å²) in [6.07, 6.45) is 3.53. The first kappa shape index (κ1) is 14.0. The van der Waals surface area contributed by atoms with Crippen LogP contribution in [0.5, 0.6) is 0 Å². The molecule has 1 aromatic heterocycles. The van der Waals surface area contributed by atoms with Gasteiger partial charge in [0.15, 0.2) is 5.13 Å². The molecule has 0 unspecified atom stereocenters. The monoisotopic (exact) mass is 280 g/mol. The van der Waals surface area contributed by atoms with Crippen molar-refractivity contribution in [2.45, 2.75) is 13.0 Å². The van der Waals surface area contributed by atoms with Gasteiger partial charge in [-0.25, -0.2) is 4.98 Å². The molecule has 1 aliphatic rings. The lowest BCUT2D eigenvalue weighted by atomic mass is 10.2. The van der Waals surface area contributed by atoms with Crippen LogP contribution in [-0.2, 0) is 4.79 Å². The van der Waals surface area contributed by atoms with Crippen molar-refractivity contribution in [3.8, 4) is 0 Å². The third-order valence-electron chi connectivity index (χ3n) is 3.35. The van der Waals surface area contributed by atoms with E-state index >= 15 is 0 Å². The van der Waals surface area contributed by atoms with E-state index in [1.165, 1.54) is 0 Å². The highest BCUT2D eigenvalue weighted by atomic mass is 32.1. The summed E-state index contributed by atoms with van der Waals surface area (Å²) < 4.78 is 0. The first-order valence-electron chi connectivity index (χ1n) is 6.49. The maximum atomic E-state index is 11.9. The number of anilines is 1. The number of thiazole rings is 1. The lowest BCUT2D eigenvalue weighted by Gasteiger charge is -2.37. The Hall–Kier alpha value is -1.40. The van der Waals surface area contributed by atoms with Gasteiger partial charge in [-0.05, 0) is 6.92 Å². The smallest absolute Gasteiger partial charge is 0.237 e. The van der Waals surface area contributed by atoms with Crippen LogP contribution in [0.25, 0.3) is 0 Å². The molecule has 2 heterocycles. The first-order valence-corrected chi connectivity index (χ1v) is 7.37. The molecule has 0 saturated carbocycles. The molecular formula is C13H20N4OS. The lowest BCUT2D eigenvalue weighted by Crippen LogP contribution is -2.54. The summed E-state index contributed by atoms with van der Waals surface area (Å²) in [4.78, 5) is 20.7. The first-order chi connectivity index (χ1) is 9.22. The Labute approximate surface area is 117 Å². The Balaban J connectivity index is 1.82.